The summed E-state index contributed by atoms with van der Waals surface area (Å²) < 4.78 is 0. The maximum Gasteiger partial charge on any atom is 0.0783 e. The molecule has 0 aliphatic carbocycles. The van der Waals surface area contributed by atoms with Gasteiger partial charge in [0.25, 0.3) is 0 Å². The molecule has 0 aromatic rings. The van der Waals surface area contributed by atoms with Gasteiger partial charge in [-0.1, -0.05) is 19.0 Å². The summed E-state index contributed by atoms with van der Waals surface area (Å²) in [5, 5.41) is 2.49. The van der Waals surface area contributed by atoms with Crippen molar-refractivity contribution in [1.29, 1.82) is 0 Å². The monoisotopic (exact) mass is 89.1 g/mol. The number of hydrogen-bond donors (Lipinski definition) is 0. The van der Waals surface area contributed by atoms with Crippen molar-refractivity contribution in [2.75, 3.05) is 6.54 Å². The van der Waals surface area contributed by atoms with Gasteiger partial charge in [-0.25, -0.2) is 0 Å². The maximum absolute atomic E-state index is 8.92. The first-order valence-electron chi connectivity index (χ1n) is 2.21. The molecule has 0 saturated heterocycles. The van der Waals surface area contributed by atoms with E-state index in [2.05, 4.69) is 5.18 Å². The average Bonchev–Trinajstić information content (AvgIpc) is 1.72. The van der Waals surface area contributed by atoms with Crippen LogP contribution in [-0.4, -0.2) is 6.54 Å². The van der Waals surface area contributed by atoms with Crippen LogP contribution >= 0.6 is 0 Å². The molecule has 0 aromatic heterocycles. The van der Waals surface area contributed by atoms with Crippen molar-refractivity contribution in [2.24, 2.45) is 5.18 Å². The summed E-state index contributed by atoms with van der Waals surface area (Å²) >= 11 is 0. The molecule has 0 aromatic carbocycles. The molecule has 0 bridgehead atoms. The molecule has 0 fully saturated rings. The van der Waals surface area contributed by atoms with Crippen molar-refractivity contribution in [3.63, 3.8) is 0 Å². The lowest BCUT2D eigenvalue weighted by Gasteiger charge is -1.52. The molecule has 0 aliphatic heterocycles. The van der Waals surface area contributed by atoms with E-state index < -0.39 is 0 Å². The molecule has 38 valence electrons. The van der Waals surface area contributed by atoms with E-state index in [9.17, 15) is 0 Å². The van der Waals surface area contributed by atoms with Crippen molar-refractivity contribution in [3.05, 3.63) is 4.91 Å². The van der Waals surface area contributed by atoms with Gasteiger partial charge in [-0.3, -0.25) is 0 Å². The zero-order chi connectivity index (χ0) is 5.41. The first kappa shape index (κ1) is 9.14. The van der Waals surface area contributed by atoms with Gasteiger partial charge in [0.1, 0.15) is 0 Å². The first-order chi connectivity index (χ1) is 2.91. The van der Waals surface area contributed by atoms with Crippen LogP contribution in [0.4, 0.5) is 0 Å². The van der Waals surface area contributed by atoms with Gasteiger partial charge >= 0.3 is 0 Å². The average molecular weight is 89.1 g/mol. The zero-order valence-corrected chi connectivity index (χ0v) is 4.56. The molecule has 0 aliphatic rings. The molecule has 0 amide bonds. The summed E-state index contributed by atoms with van der Waals surface area (Å²) in [6, 6.07) is 0. The summed E-state index contributed by atoms with van der Waals surface area (Å²) in [6.07, 6.45) is 0. The molecule has 0 radical (unpaired) electrons. The number of hydrogen-bond acceptors (Lipinski definition) is 2. The molecule has 2 heteroatoms. The number of nitroso groups, excluding NO2 is 1. The predicted molar refractivity (Wildman–Crippen MR) is 27.7 cm³/mol. The smallest absolute Gasteiger partial charge is 0.0783 e. The van der Waals surface area contributed by atoms with Crippen LogP contribution in [0.2, 0.25) is 0 Å². The van der Waals surface area contributed by atoms with E-state index in [0.717, 1.165) is 0 Å². The van der Waals surface area contributed by atoms with Crippen LogP contribution in [0.5, 0.6) is 0 Å². The Hall–Kier alpha value is -0.400. The highest BCUT2D eigenvalue weighted by atomic mass is 16.3. The lowest BCUT2D eigenvalue weighted by Crippen LogP contribution is -1.52. The number of rotatable bonds is 1. The minimum atomic E-state index is 0.389. The summed E-state index contributed by atoms with van der Waals surface area (Å²) in [5.74, 6) is 0. The standard InChI is InChI=1S/C2H5NO.C2H6/c1-2-3-4;1-2/h2H2,1H3;1-2H3. The SMILES string of the molecule is CC.CCN=O. The highest BCUT2D eigenvalue weighted by Crippen LogP contribution is 1.52. The molecule has 2 nitrogen and oxygen atoms in total. The second kappa shape index (κ2) is 23.3. The molecule has 0 spiro atoms. The van der Waals surface area contributed by atoms with Crippen LogP contribution in [0.3, 0.4) is 0 Å². The molecule has 0 saturated carbocycles. The van der Waals surface area contributed by atoms with Crippen molar-refractivity contribution in [3.8, 4) is 0 Å². The van der Waals surface area contributed by atoms with E-state index in [1.807, 2.05) is 13.8 Å². The first-order valence-corrected chi connectivity index (χ1v) is 2.21. The van der Waals surface area contributed by atoms with E-state index in [-0.39, 0.29) is 0 Å². The molecule has 0 rings (SSSR count). The third-order valence-electron chi connectivity index (χ3n) is 0.129. The summed E-state index contributed by atoms with van der Waals surface area (Å²) in [6.45, 7) is 6.09. The lowest BCUT2D eigenvalue weighted by atomic mass is 10.8. The zero-order valence-electron chi connectivity index (χ0n) is 4.56. The minimum Gasteiger partial charge on any atom is -0.151 e. The Morgan fingerprint density at radius 1 is 1.50 bits per heavy atom. The molecular weight excluding hydrogens is 78.0 g/mol. The Balaban J connectivity index is 0. The van der Waals surface area contributed by atoms with Gasteiger partial charge < -0.3 is 0 Å². The highest BCUT2D eigenvalue weighted by molar-refractivity contribution is 4.20. The van der Waals surface area contributed by atoms with E-state index in [4.69, 9.17) is 4.91 Å². The highest BCUT2D eigenvalue weighted by Gasteiger charge is 1.51. The third kappa shape index (κ3) is 67.6. The Morgan fingerprint density at radius 2 is 1.67 bits per heavy atom. The van der Waals surface area contributed by atoms with Gasteiger partial charge in [-0.05, 0) is 6.92 Å². The minimum absolute atomic E-state index is 0.389. The Morgan fingerprint density at radius 3 is 1.67 bits per heavy atom. The summed E-state index contributed by atoms with van der Waals surface area (Å²) in [5.41, 5.74) is 0. The Labute approximate surface area is 38.5 Å². The van der Waals surface area contributed by atoms with Crippen LogP contribution in [0.15, 0.2) is 5.18 Å². The van der Waals surface area contributed by atoms with E-state index in [0.29, 0.717) is 6.54 Å². The second-order valence-corrected chi connectivity index (χ2v) is 0.445. The molecule has 0 unspecified atom stereocenters. The molecule has 6 heavy (non-hydrogen) atoms. The van der Waals surface area contributed by atoms with Gasteiger partial charge in [0.05, 0.1) is 6.54 Å². The molecule has 0 N–H and O–H groups in total. The van der Waals surface area contributed by atoms with Crippen molar-refractivity contribution < 1.29 is 0 Å². The fourth-order valence-corrected chi connectivity index (χ4v) is 0. The quantitative estimate of drug-likeness (QED) is 0.450. The van der Waals surface area contributed by atoms with Crippen LogP contribution in [-0.2, 0) is 0 Å². The number of nitrogens with zero attached hydrogens (tertiary/aromatic N) is 1. The summed E-state index contributed by atoms with van der Waals surface area (Å²) in [4.78, 5) is 8.92. The van der Waals surface area contributed by atoms with Crippen molar-refractivity contribution in [2.45, 2.75) is 20.8 Å². The van der Waals surface area contributed by atoms with E-state index in [1.165, 1.54) is 0 Å². The van der Waals surface area contributed by atoms with Crippen LogP contribution in [0.25, 0.3) is 0 Å². The van der Waals surface area contributed by atoms with Gasteiger partial charge in [-0.2, -0.15) is 4.91 Å². The fraction of sp³-hybridized carbons (Fsp3) is 1.00. The van der Waals surface area contributed by atoms with Gasteiger partial charge in [0.2, 0.25) is 0 Å². The van der Waals surface area contributed by atoms with Crippen molar-refractivity contribution >= 4 is 0 Å². The predicted octanol–water partition coefficient (Wildman–Crippen LogP) is 1.80. The second-order valence-electron chi connectivity index (χ2n) is 0.445. The Bertz CT molecular complexity index is 21.5. The maximum atomic E-state index is 8.92. The Kier molecular flexibility index (Phi) is 35.5. The van der Waals surface area contributed by atoms with Crippen molar-refractivity contribution in [1.82, 2.24) is 0 Å². The third-order valence-corrected chi connectivity index (χ3v) is 0.129. The van der Waals surface area contributed by atoms with Crippen LogP contribution in [0.1, 0.15) is 20.8 Å². The topological polar surface area (TPSA) is 29.4 Å². The largest absolute Gasteiger partial charge is 0.151 e. The van der Waals surface area contributed by atoms with Crippen LogP contribution < -0.4 is 0 Å². The normalized spacial score (nSPS) is 5.17. The van der Waals surface area contributed by atoms with Gasteiger partial charge in [0, 0.05) is 0 Å². The van der Waals surface area contributed by atoms with Gasteiger partial charge in [-0.15, -0.1) is 0 Å². The van der Waals surface area contributed by atoms with E-state index in [1.54, 1.807) is 6.92 Å². The molecule has 0 heterocycles. The van der Waals surface area contributed by atoms with E-state index >= 15 is 0 Å². The lowest BCUT2D eigenvalue weighted by molar-refractivity contribution is 1.12. The van der Waals surface area contributed by atoms with Crippen LogP contribution in [0, 0.1) is 4.91 Å². The summed E-state index contributed by atoms with van der Waals surface area (Å²) in [7, 11) is 0. The van der Waals surface area contributed by atoms with Gasteiger partial charge in [0.15, 0.2) is 0 Å². The molecule has 0 atom stereocenters. The fourth-order valence-electron chi connectivity index (χ4n) is 0. The molecular formula is C4H11NO.